The number of nitrogens with one attached hydrogen (secondary N) is 1. The molecule has 1 aliphatic heterocycles. The maximum Gasteiger partial charge on any atom is 0.418 e. The first kappa shape index (κ1) is 17.2. The van der Waals surface area contributed by atoms with Crippen molar-refractivity contribution in [1.82, 2.24) is 0 Å². The van der Waals surface area contributed by atoms with Crippen LogP contribution in [-0.2, 0) is 11.0 Å². The monoisotopic (exact) mass is 366 g/mol. The van der Waals surface area contributed by atoms with Crippen molar-refractivity contribution in [3.8, 4) is 0 Å². The molecule has 3 nitrogen and oxygen atoms in total. The van der Waals surface area contributed by atoms with E-state index in [1.54, 1.807) is 0 Å². The van der Waals surface area contributed by atoms with Crippen LogP contribution in [0.25, 0.3) is 6.08 Å². The highest BCUT2D eigenvalue weighted by Gasteiger charge is 2.40. The van der Waals surface area contributed by atoms with Gasteiger partial charge in [-0.3, -0.25) is 15.1 Å². The number of amidine groups is 1. The number of amides is 1. The van der Waals surface area contributed by atoms with Crippen molar-refractivity contribution in [3.05, 3.63) is 70.4 Å². The van der Waals surface area contributed by atoms with Gasteiger partial charge in [0, 0.05) is 0 Å². The van der Waals surface area contributed by atoms with Crippen LogP contribution in [0.4, 0.5) is 23.2 Å². The summed E-state index contributed by atoms with van der Waals surface area (Å²) in [5.74, 6) is -1.17. The molecule has 1 N–H and O–H groups in total. The van der Waals surface area contributed by atoms with E-state index >= 15 is 0 Å². The molecule has 0 atom stereocenters. The summed E-state index contributed by atoms with van der Waals surface area (Å²) in [5.41, 5.74) is -0.868. The first-order chi connectivity index (χ1) is 11.8. The first-order valence-electron chi connectivity index (χ1n) is 7.02. The average Bonchev–Trinajstić information content (AvgIpc) is 2.83. The lowest BCUT2D eigenvalue weighted by molar-refractivity contribution is -0.137. The Labute approximate surface area is 144 Å². The van der Waals surface area contributed by atoms with Crippen molar-refractivity contribution in [2.24, 2.45) is 0 Å². The molecule has 0 aliphatic carbocycles. The number of rotatable bonds is 2. The summed E-state index contributed by atoms with van der Waals surface area (Å²) in [6, 6.07) is 9.89. The first-order valence-corrected chi connectivity index (χ1v) is 7.83. The van der Waals surface area contributed by atoms with E-state index in [2.05, 4.69) is 0 Å². The minimum absolute atomic E-state index is 0.0913. The highest BCUT2D eigenvalue weighted by atomic mass is 32.2. The van der Waals surface area contributed by atoms with Crippen LogP contribution in [0.5, 0.6) is 0 Å². The fourth-order valence-corrected chi connectivity index (χ4v) is 3.18. The SMILES string of the molecule is N=C1S/C(=C\c2ccc(F)cc2)C(=O)N1c1ccccc1C(F)(F)F. The molecule has 2 aromatic rings. The van der Waals surface area contributed by atoms with Gasteiger partial charge in [-0.25, -0.2) is 4.39 Å². The lowest BCUT2D eigenvalue weighted by Crippen LogP contribution is -2.30. The van der Waals surface area contributed by atoms with E-state index in [1.165, 1.54) is 42.5 Å². The van der Waals surface area contributed by atoms with Gasteiger partial charge in [0.25, 0.3) is 5.91 Å². The van der Waals surface area contributed by atoms with Crippen LogP contribution in [-0.4, -0.2) is 11.1 Å². The normalized spacial score (nSPS) is 16.8. The van der Waals surface area contributed by atoms with E-state index in [0.29, 0.717) is 5.56 Å². The topological polar surface area (TPSA) is 44.2 Å². The third-order valence-electron chi connectivity index (χ3n) is 3.44. The fourth-order valence-electron chi connectivity index (χ4n) is 2.32. The van der Waals surface area contributed by atoms with Gasteiger partial charge in [0.05, 0.1) is 16.2 Å². The smallest absolute Gasteiger partial charge is 0.278 e. The molecule has 1 fully saturated rings. The molecule has 0 spiro atoms. The van der Waals surface area contributed by atoms with E-state index in [4.69, 9.17) is 5.41 Å². The van der Waals surface area contributed by atoms with Gasteiger partial charge >= 0.3 is 6.18 Å². The lowest BCUT2D eigenvalue weighted by atomic mass is 10.1. The number of hydrogen-bond donors (Lipinski definition) is 1. The summed E-state index contributed by atoms with van der Waals surface area (Å²) in [7, 11) is 0. The van der Waals surface area contributed by atoms with Gasteiger partial charge in [-0.2, -0.15) is 13.2 Å². The number of carbonyl (C=O) groups is 1. The quantitative estimate of drug-likeness (QED) is 0.607. The van der Waals surface area contributed by atoms with Crippen LogP contribution in [0.15, 0.2) is 53.4 Å². The van der Waals surface area contributed by atoms with Gasteiger partial charge in [-0.05, 0) is 47.7 Å². The van der Waals surface area contributed by atoms with Crippen LogP contribution in [0.1, 0.15) is 11.1 Å². The lowest BCUT2D eigenvalue weighted by Gasteiger charge is -2.19. The molecule has 2 aromatic carbocycles. The second-order valence-electron chi connectivity index (χ2n) is 5.12. The van der Waals surface area contributed by atoms with Gasteiger partial charge in [-0.1, -0.05) is 24.3 Å². The van der Waals surface area contributed by atoms with Crippen LogP contribution >= 0.6 is 11.8 Å². The van der Waals surface area contributed by atoms with Crippen molar-refractivity contribution in [2.75, 3.05) is 4.90 Å². The third kappa shape index (κ3) is 3.43. The van der Waals surface area contributed by atoms with Crippen LogP contribution in [0.3, 0.4) is 0 Å². The Morgan fingerprint density at radius 1 is 1.04 bits per heavy atom. The van der Waals surface area contributed by atoms with E-state index in [0.717, 1.165) is 28.8 Å². The number of para-hydroxylation sites is 1. The molecule has 1 aliphatic rings. The molecule has 0 radical (unpaired) electrons. The maximum absolute atomic E-state index is 13.2. The molecule has 1 amide bonds. The molecular formula is C17H10F4N2OS. The minimum atomic E-state index is -4.65. The second kappa shape index (κ2) is 6.36. The number of halogens is 4. The average molecular weight is 366 g/mol. The summed E-state index contributed by atoms with van der Waals surface area (Å²) in [4.78, 5) is 13.3. The number of thioether (sulfide) groups is 1. The molecule has 128 valence electrons. The number of hydrogen-bond acceptors (Lipinski definition) is 3. The van der Waals surface area contributed by atoms with Crippen molar-refractivity contribution < 1.29 is 22.4 Å². The Kier molecular flexibility index (Phi) is 4.38. The van der Waals surface area contributed by atoms with Crippen molar-refractivity contribution in [3.63, 3.8) is 0 Å². The number of alkyl halides is 3. The number of anilines is 1. The van der Waals surface area contributed by atoms with E-state index < -0.39 is 23.5 Å². The van der Waals surface area contributed by atoms with Gasteiger partial charge in [0.15, 0.2) is 5.17 Å². The second-order valence-corrected chi connectivity index (χ2v) is 6.15. The third-order valence-corrected chi connectivity index (χ3v) is 4.33. The number of carbonyl (C=O) groups excluding carboxylic acids is 1. The van der Waals surface area contributed by atoms with Crippen LogP contribution in [0.2, 0.25) is 0 Å². The zero-order valence-electron chi connectivity index (χ0n) is 12.5. The van der Waals surface area contributed by atoms with Crippen molar-refractivity contribution in [2.45, 2.75) is 6.18 Å². The summed E-state index contributed by atoms with van der Waals surface area (Å²) >= 11 is 0.755. The number of benzene rings is 2. The van der Waals surface area contributed by atoms with Crippen molar-refractivity contribution in [1.29, 1.82) is 5.41 Å². The number of nitrogens with zero attached hydrogens (tertiary/aromatic N) is 1. The molecular weight excluding hydrogens is 356 g/mol. The Morgan fingerprint density at radius 2 is 1.68 bits per heavy atom. The van der Waals surface area contributed by atoms with Gasteiger partial charge in [-0.15, -0.1) is 0 Å². The van der Waals surface area contributed by atoms with E-state index in [-0.39, 0.29) is 15.8 Å². The van der Waals surface area contributed by atoms with Gasteiger partial charge in [0.1, 0.15) is 5.82 Å². The highest BCUT2D eigenvalue weighted by molar-refractivity contribution is 8.19. The molecule has 1 saturated heterocycles. The van der Waals surface area contributed by atoms with Gasteiger partial charge in [0.2, 0.25) is 0 Å². The standard InChI is InChI=1S/C17H10F4N2OS/c18-11-7-5-10(6-8-11)9-14-15(24)23(16(22)25-14)13-4-2-1-3-12(13)17(19,20)21/h1-9,22H/b14-9-,22-16?. The highest BCUT2D eigenvalue weighted by Crippen LogP contribution is 2.41. The molecule has 1 heterocycles. The molecule has 0 unspecified atom stereocenters. The van der Waals surface area contributed by atoms with Gasteiger partial charge < -0.3 is 0 Å². The van der Waals surface area contributed by atoms with Crippen molar-refractivity contribution >= 4 is 34.6 Å². The molecule has 0 bridgehead atoms. The van der Waals surface area contributed by atoms with E-state index in [1.807, 2.05) is 0 Å². The fraction of sp³-hybridized carbons (Fsp3) is 0.0588. The van der Waals surface area contributed by atoms with Crippen LogP contribution < -0.4 is 4.90 Å². The van der Waals surface area contributed by atoms with E-state index in [9.17, 15) is 22.4 Å². The molecule has 8 heteroatoms. The largest absolute Gasteiger partial charge is 0.418 e. The summed E-state index contributed by atoms with van der Waals surface area (Å²) in [5, 5.41) is 7.58. The zero-order valence-corrected chi connectivity index (χ0v) is 13.3. The summed E-state index contributed by atoms with van der Waals surface area (Å²) in [6.45, 7) is 0. The predicted molar refractivity (Wildman–Crippen MR) is 88.6 cm³/mol. The Balaban J connectivity index is 1.99. The molecule has 0 aromatic heterocycles. The zero-order chi connectivity index (χ0) is 18.2. The molecule has 3 rings (SSSR count). The van der Waals surface area contributed by atoms with Crippen LogP contribution in [0, 0.1) is 11.2 Å². The molecule has 0 saturated carbocycles. The molecule has 25 heavy (non-hydrogen) atoms. The minimum Gasteiger partial charge on any atom is -0.278 e. The predicted octanol–water partition coefficient (Wildman–Crippen LogP) is 4.90. The Hall–Kier alpha value is -2.61. The summed E-state index contributed by atoms with van der Waals surface area (Å²) < 4.78 is 52.5. The maximum atomic E-state index is 13.2. The summed E-state index contributed by atoms with van der Waals surface area (Å²) in [6.07, 6.45) is -3.23. The Morgan fingerprint density at radius 3 is 2.32 bits per heavy atom. The Bertz CT molecular complexity index is 875.